The van der Waals surface area contributed by atoms with Gasteiger partial charge in [-0.3, -0.25) is 24.0 Å². The molecule has 0 aliphatic carbocycles. The Bertz CT molecular complexity index is 1210. The molecule has 4 rings (SSSR count). The Kier molecular flexibility index (Phi) is 5.76. The predicted octanol–water partition coefficient (Wildman–Crippen LogP) is 3.19. The first kappa shape index (κ1) is 22.3. The number of nitrogens with zero attached hydrogens (tertiary/aromatic N) is 3. The molecule has 0 saturated carbocycles. The van der Waals surface area contributed by atoms with Crippen molar-refractivity contribution in [3.05, 3.63) is 77.1 Å². The summed E-state index contributed by atoms with van der Waals surface area (Å²) in [5.41, 5.74) is 3.23. The summed E-state index contributed by atoms with van der Waals surface area (Å²) in [6.45, 7) is 7.58. The number of aromatic nitrogens is 2. The molecular formula is C25H27N5O3. The fourth-order valence-corrected chi connectivity index (χ4v) is 4.09. The van der Waals surface area contributed by atoms with Gasteiger partial charge in [-0.15, -0.1) is 0 Å². The molecule has 1 aromatic heterocycles. The largest absolute Gasteiger partial charge is 0.350 e. The molecule has 0 unspecified atom stereocenters. The lowest BCUT2D eigenvalue weighted by Gasteiger charge is -2.43. The fourth-order valence-electron chi connectivity index (χ4n) is 4.09. The zero-order chi connectivity index (χ0) is 23.8. The van der Waals surface area contributed by atoms with Gasteiger partial charge < -0.3 is 10.6 Å². The third-order valence-corrected chi connectivity index (χ3v) is 5.78. The molecule has 170 valence electrons. The van der Waals surface area contributed by atoms with Gasteiger partial charge in [0, 0.05) is 24.8 Å². The minimum absolute atomic E-state index is 0.184. The molecule has 0 bridgehead atoms. The molecule has 8 nitrogen and oxygen atoms in total. The minimum Gasteiger partial charge on any atom is -0.350 e. The number of anilines is 2. The van der Waals surface area contributed by atoms with Gasteiger partial charge >= 0.3 is 0 Å². The maximum absolute atomic E-state index is 13.5. The molecule has 8 heteroatoms. The van der Waals surface area contributed by atoms with Gasteiger partial charge in [-0.2, -0.15) is 5.10 Å². The van der Waals surface area contributed by atoms with E-state index in [9.17, 15) is 14.4 Å². The average molecular weight is 446 g/mol. The minimum atomic E-state index is -1.21. The van der Waals surface area contributed by atoms with Crippen LogP contribution in [0.5, 0.6) is 0 Å². The van der Waals surface area contributed by atoms with Crippen molar-refractivity contribution in [1.82, 2.24) is 15.1 Å². The van der Waals surface area contributed by atoms with Crippen molar-refractivity contribution in [1.29, 1.82) is 0 Å². The molecule has 2 N–H and O–H groups in total. The Morgan fingerprint density at radius 2 is 1.73 bits per heavy atom. The SMILES string of the molecule is CC(=O)Nc1ccc(N2C(=O)c3cc(C)nn3C[C@@]2(C)C(=O)NCc2ccc(C)cc2)cc1. The molecule has 1 atom stereocenters. The smallest absolute Gasteiger partial charge is 0.277 e. The van der Waals surface area contributed by atoms with Crippen molar-refractivity contribution < 1.29 is 14.4 Å². The monoisotopic (exact) mass is 445 g/mol. The Morgan fingerprint density at radius 1 is 1.06 bits per heavy atom. The number of fused-ring (bicyclic) bond motifs is 1. The second-order valence-electron chi connectivity index (χ2n) is 8.64. The van der Waals surface area contributed by atoms with Gasteiger partial charge in [-0.25, -0.2) is 0 Å². The van der Waals surface area contributed by atoms with Crippen LogP contribution < -0.4 is 15.5 Å². The Morgan fingerprint density at radius 3 is 2.36 bits per heavy atom. The summed E-state index contributed by atoms with van der Waals surface area (Å²) in [6, 6.07) is 16.5. The van der Waals surface area contributed by atoms with E-state index in [2.05, 4.69) is 15.7 Å². The number of benzene rings is 2. The van der Waals surface area contributed by atoms with E-state index in [1.54, 1.807) is 41.9 Å². The molecule has 2 aromatic carbocycles. The maximum atomic E-state index is 13.5. The van der Waals surface area contributed by atoms with Crippen LogP contribution in [0.4, 0.5) is 11.4 Å². The summed E-state index contributed by atoms with van der Waals surface area (Å²) in [5, 5.41) is 10.1. The van der Waals surface area contributed by atoms with Crippen LogP contribution >= 0.6 is 0 Å². The van der Waals surface area contributed by atoms with E-state index in [1.165, 1.54) is 11.8 Å². The highest BCUT2D eigenvalue weighted by Gasteiger charge is 2.48. The summed E-state index contributed by atoms with van der Waals surface area (Å²) < 4.78 is 1.60. The van der Waals surface area contributed by atoms with Gasteiger partial charge in [0.15, 0.2) is 0 Å². The van der Waals surface area contributed by atoms with Gasteiger partial charge in [0.25, 0.3) is 5.91 Å². The molecule has 1 aliphatic rings. The molecule has 0 spiro atoms. The summed E-state index contributed by atoms with van der Waals surface area (Å²) in [6.07, 6.45) is 0. The van der Waals surface area contributed by atoms with Crippen LogP contribution in [0.15, 0.2) is 54.6 Å². The molecule has 2 heterocycles. The standard InChI is InChI=1S/C25H27N5O3/c1-16-5-7-19(8-6-16)14-26-24(33)25(4)15-29-22(13-17(2)28-29)23(32)30(25)21-11-9-20(10-12-21)27-18(3)31/h5-13H,14-15H2,1-4H3,(H,26,33)(H,27,31)/t25-/m0/s1. The van der Waals surface area contributed by atoms with Gasteiger partial charge in [-0.05, 0) is 56.7 Å². The molecule has 0 saturated heterocycles. The van der Waals surface area contributed by atoms with E-state index in [0.717, 1.165) is 11.1 Å². The van der Waals surface area contributed by atoms with Crippen LogP contribution in [0.3, 0.4) is 0 Å². The molecule has 0 fully saturated rings. The Balaban J connectivity index is 1.67. The first-order valence-electron chi connectivity index (χ1n) is 10.8. The van der Waals surface area contributed by atoms with Crippen LogP contribution in [-0.4, -0.2) is 33.0 Å². The van der Waals surface area contributed by atoms with Gasteiger partial charge in [0.05, 0.1) is 12.2 Å². The third kappa shape index (κ3) is 4.37. The van der Waals surface area contributed by atoms with Crippen molar-refractivity contribution in [2.75, 3.05) is 10.2 Å². The first-order chi connectivity index (χ1) is 15.7. The number of amides is 3. The van der Waals surface area contributed by atoms with E-state index in [0.29, 0.717) is 29.3 Å². The van der Waals surface area contributed by atoms with Crippen molar-refractivity contribution in [3.63, 3.8) is 0 Å². The first-order valence-corrected chi connectivity index (χ1v) is 10.8. The highest BCUT2D eigenvalue weighted by Crippen LogP contribution is 2.33. The number of rotatable bonds is 5. The summed E-state index contributed by atoms with van der Waals surface area (Å²) >= 11 is 0. The normalized spacial score (nSPS) is 17.5. The summed E-state index contributed by atoms with van der Waals surface area (Å²) in [7, 11) is 0. The van der Waals surface area contributed by atoms with Gasteiger partial charge in [0.2, 0.25) is 11.8 Å². The van der Waals surface area contributed by atoms with E-state index in [1.807, 2.05) is 38.1 Å². The number of nitrogens with one attached hydrogen (secondary N) is 2. The second kappa shape index (κ2) is 8.54. The molecule has 3 amide bonds. The van der Waals surface area contributed by atoms with Crippen LogP contribution in [0, 0.1) is 13.8 Å². The van der Waals surface area contributed by atoms with Gasteiger partial charge in [0.1, 0.15) is 11.2 Å². The number of aryl methyl sites for hydroxylation is 2. The zero-order valence-electron chi connectivity index (χ0n) is 19.2. The zero-order valence-corrected chi connectivity index (χ0v) is 19.2. The van der Waals surface area contributed by atoms with E-state index < -0.39 is 5.54 Å². The maximum Gasteiger partial charge on any atom is 0.277 e. The summed E-state index contributed by atoms with van der Waals surface area (Å²) in [5.74, 6) is -0.764. The molecule has 1 aliphatic heterocycles. The highest BCUT2D eigenvalue weighted by atomic mass is 16.2. The number of carbonyl (C=O) groups is 3. The average Bonchev–Trinajstić information content (AvgIpc) is 3.14. The summed E-state index contributed by atoms with van der Waals surface area (Å²) in [4.78, 5) is 39.9. The van der Waals surface area contributed by atoms with Crippen molar-refractivity contribution in [2.24, 2.45) is 0 Å². The molecule has 0 radical (unpaired) electrons. The van der Waals surface area contributed by atoms with Crippen LogP contribution in [0.25, 0.3) is 0 Å². The lowest BCUT2D eigenvalue weighted by Crippen LogP contribution is -2.64. The van der Waals surface area contributed by atoms with Crippen LogP contribution in [0.2, 0.25) is 0 Å². The fraction of sp³-hybridized carbons (Fsp3) is 0.280. The number of carbonyl (C=O) groups excluding carboxylic acids is 3. The number of hydrogen-bond donors (Lipinski definition) is 2. The predicted molar refractivity (Wildman–Crippen MR) is 126 cm³/mol. The van der Waals surface area contributed by atoms with Crippen molar-refractivity contribution in [2.45, 2.75) is 46.3 Å². The topological polar surface area (TPSA) is 96.3 Å². The Hall–Kier alpha value is -3.94. The van der Waals surface area contributed by atoms with Crippen LogP contribution in [-0.2, 0) is 22.7 Å². The lowest BCUT2D eigenvalue weighted by molar-refractivity contribution is -0.126. The molecule has 33 heavy (non-hydrogen) atoms. The quantitative estimate of drug-likeness (QED) is 0.630. The van der Waals surface area contributed by atoms with Crippen molar-refractivity contribution in [3.8, 4) is 0 Å². The second-order valence-corrected chi connectivity index (χ2v) is 8.64. The highest BCUT2D eigenvalue weighted by molar-refractivity contribution is 6.12. The van der Waals surface area contributed by atoms with E-state index in [-0.39, 0.29) is 24.3 Å². The number of hydrogen-bond acceptors (Lipinski definition) is 4. The lowest BCUT2D eigenvalue weighted by atomic mass is 9.93. The van der Waals surface area contributed by atoms with E-state index in [4.69, 9.17) is 0 Å². The third-order valence-electron chi connectivity index (χ3n) is 5.78. The van der Waals surface area contributed by atoms with Crippen molar-refractivity contribution >= 4 is 29.1 Å². The molecule has 3 aromatic rings. The van der Waals surface area contributed by atoms with Crippen LogP contribution in [0.1, 0.15) is 41.2 Å². The Labute approximate surface area is 192 Å². The molecular weight excluding hydrogens is 418 g/mol. The van der Waals surface area contributed by atoms with Gasteiger partial charge in [-0.1, -0.05) is 29.8 Å². The van der Waals surface area contributed by atoms with E-state index >= 15 is 0 Å².